The molecule has 90 valence electrons. The van der Waals surface area contributed by atoms with Gasteiger partial charge in [0.2, 0.25) is 0 Å². The Morgan fingerprint density at radius 3 is 2.88 bits per heavy atom. The Hall–Kier alpha value is -2.04. The lowest BCUT2D eigenvalue weighted by atomic mass is 10.2. The van der Waals surface area contributed by atoms with Gasteiger partial charge in [0.25, 0.3) is 0 Å². The van der Waals surface area contributed by atoms with E-state index in [1.807, 2.05) is 6.92 Å². The average molecular weight is 234 g/mol. The van der Waals surface area contributed by atoms with Crippen molar-refractivity contribution < 1.29 is 14.6 Å². The fraction of sp³-hybridized carbons (Fsp3) is 0.333. The Bertz CT molecular complexity index is 560. The maximum atomic E-state index is 11.1. The lowest BCUT2D eigenvalue weighted by molar-refractivity contribution is 0.0699. The number of nitrogens with one attached hydrogen (secondary N) is 1. The summed E-state index contributed by atoms with van der Waals surface area (Å²) in [7, 11) is 1.55. The molecule has 0 aliphatic rings. The molecule has 1 heterocycles. The molecule has 0 bridgehead atoms. The predicted molar refractivity (Wildman–Crippen MR) is 63.6 cm³/mol. The van der Waals surface area contributed by atoms with E-state index in [-0.39, 0.29) is 5.56 Å². The highest BCUT2D eigenvalue weighted by Gasteiger charge is 2.15. The summed E-state index contributed by atoms with van der Waals surface area (Å²) in [4.78, 5) is 18.5. The highest BCUT2D eigenvalue weighted by atomic mass is 16.5. The number of benzene rings is 1. The standard InChI is InChI=1S/C12H14N2O3/c1-3-4-9-13-10-7(12(15)16)5-6-8(17-2)11(10)14-9/h5-6H,3-4H2,1-2H3,(H,13,14)(H,15,16). The van der Waals surface area contributed by atoms with Crippen molar-refractivity contribution in [3.8, 4) is 5.75 Å². The molecule has 2 aromatic rings. The van der Waals surface area contributed by atoms with Gasteiger partial charge in [-0.2, -0.15) is 0 Å². The van der Waals surface area contributed by atoms with E-state index >= 15 is 0 Å². The van der Waals surface area contributed by atoms with Crippen LogP contribution in [0.2, 0.25) is 0 Å². The third kappa shape index (κ3) is 1.95. The smallest absolute Gasteiger partial charge is 0.337 e. The number of hydrogen-bond acceptors (Lipinski definition) is 3. The average Bonchev–Trinajstić information content (AvgIpc) is 2.71. The van der Waals surface area contributed by atoms with Crippen LogP contribution in [-0.2, 0) is 6.42 Å². The van der Waals surface area contributed by atoms with E-state index < -0.39 is 5.97 Å². The number of carboxylic acid groups (broad SMARTS) is 1. The monoisotopic (exact) mass is 234 g/mol. The third-order valence-corrected chi connectivity index (χ3v) is 2.59. The molecular weight excluding hydrogens is 220 g/mol. The number of hydrogen-bond donors (Lipinski definition) is 2. The fourth-order valence-electron chi connectivity index (χ4n) is 1.81. The van der Waals surface area contributed by atoms with Crippen molar-refractivity contribution in [3.05, 3.63) is 23.5 Å². The second-order valence-corrected chi connectivity index (χ2v) is 3.78. The van der Waals surface area contributed by atoms with Crippen LogP contribution in [-0.4, -0.2) is 28.2 Å². The predicted octanol–water partition coefficient (Wildman–Crippen LogP) is 2.22. The van der Waals surface area contributed by atoms with Gasteiger partial charge >= 0.3 is 5.97 Å². The molecule has 0 aliphatic carbocycles. The summed E-state index contributed by atoms with van der Waals surface area (Å²) in [5.74, 6) is 0.405. The number of rotatable bonds is 4. The van der Waals surface area contributed by atoms with Gasteiger partial charge in [-0.15, -0.1) is 0 Å². The van der Waals surface area contributed by atoms with Crippen LogP contribution in [0.25, 0.3) is 11.0 Å². The Morgan fingerprint density at radius 2 is 2.29 bits per heavy atom. The van der Waals surface area contributed by atoms with Gasteiger partial charge in [0, 0.05) is 6.42 Å². The van der Waals surface area contributed by atoms with Crippen molar-refractivity contribution in [2.75, 3.05) is 7.11 Å². The summed E-state index contributed by atoms with van der Waals surface area (Å²) in [6.45, 7) is 2.04. The molecule has 17 heavy (non-hydrogen) atoms. The summed E-state index contributed by atoms with van der Waals surface area (Å²) < 4.78 is 5.18. The van der Waals surface area contributed by atoms with Gasteiger partial charge in [-0.1, -0.05) is 6.92 Å². The SMILES string of the molecule is CCCc1nc2c(OC)ccc(C(=O)O)c2[nH]1. The van der Waals surface area contributed by atoms with E-state index in [0.29, 0.717) is 16.8 Å². The van der Waals surface area contributed by atoms with E-state index in [1.165, 1.54) is 6.07 Å². The van der Waals surface area contributed by atoms with Crippen LogP contribution in [0.5, 0.6) is 5.75 Å². The minimum atomic E-state index is -0.968. The quantitative estimate of drug-likeness (QED) is 0.850. The van der Waals surface area contributed by atoms with Gasteiger partial charge in [-0.3, -0.25) is 0 Å². The Labute approximate surface area is 98.4 Å². The van der Waals surface area contributed by atoms with E-state index in [9.17, 15) is 4.79 Å². The largest absolute Gasteiger partial charge is 0.494 e. The molecule has 2 N–H and O–H groups in total. The van der Waals surface area contributed by atoms with E-state index in [2.05, 4.69) is 9.97 Å². The van der Waals surface area contributed by atoms with Gasteiger partial charge in [0.1, 0.15) is 17.1 Å². The summed E-state index contributed by atoms with van der Waals surface area (Å²) in [6.07, 6.45) is 1.74. The Morgan fingerprint density at radius 1 is 1.53 bits per heavy atom. The lowest BCUT2D eigenvalue weighted by Crippen LogP contribution is -1.98. The number of imidazole rings is 1. The highest BCUT2D eigenvalue weighted by molar-refractivity contribution is 6.02. The first kappa shape index (κ1) is 11.4. The maximum absolute atomic E-state index is 11.1. The van der Waals surface area contributed by atoms with Crippen LogP contribution in [0.15, 0.2) is 12.1 Å². The lowest BCUT2D eigenvalue weighted by Gasteiger charge is -2.02. The number of aromatic nitrogens is 2. The van der Waals surface area contributed by atoms with Crippen LogP contribution in [0.4, 0.5) is 0 Å². The zero-order chi connectivity index (χ0) is 12.4. The number of aromatic carboxylic acids is 1. The first-order chi connectivity index (χ1) is 8.17. The highest BCUT2D eigenvalue weighted by Crippen LogP contribution is 2.26. The minimum absolute atomic E-state index is 0.218. The van der Waals surface area contributed by atoms with Crippen LogP contribution >= 0.6 is 0 Å². The second kappa shape index (κ2) is 4.45. The Balaban J connectivity index is 2.67. The second-order valence-electron chi connectivity index (χ2n) is 3.78. The third-order valence-electron chi connectivity index (χ3n) is 2.59. The zero-order valence-electron chi connectivity index (χ0n) is 9.78. The molecule has 0 aliphatic heterocycles. The number of ether oxygens (including phenoxy) is 1. The molecule has 0 amide bonds. The van der Waals surface area contributed by atoms with Crippen LogP contribution in [0.3, 0.4) is 0 Å². The first-order valence-electron chi connectivity index (χ1n) is 5.46. The molecule has 0 spiro atoms. The van der Waals surface area contributed by atoms with Crippen molar-refractivity contribution in [3.63, 3.8) is 0 Å². The van der Waals surface area contributed by atoms with Gasteiger partial charge < -0.3 is 14.8 Å². The fourth-order valence-corrected chi connectivity index (χ4v) is 1.81. The summed E-state index contributed by atoms with van der Waals surface area (Å²) >= 11 is 0. The van der Waals surface area contributed by atoms with Crippen LogP contribution in [0, 0.1) is 0 Å². The number of nitrogens with zero attached hydrogens (tertiary/aromatic N) is 1. The van der Waals surface area contributed by atoms with Crippen molar-refractivity contribution in [2.45, 2.75) is 19.8 Å². The first-order valence-corrected chi connectivity index (χ1v) is 5.46. The van der Waals surface area contributed by atoms with Gasteiger partial charge in [-0.05, 0) is 18.6 Å². The molecule has 5 heteroatoms. The molecule has 0 saturated carbocycles. The van der Waals surface area contributed by atoms with Gasteiger partial charge in [0.05, 0.1) is 18.2 Å². The minimum Gasteiger partial charge on any atom is -0.494 e. The number of fused-ring (bicyclic) bond motifs is 1. The molecule has 0 atom stereocenters. The molecule has 1 aromatic carbocycles. The van der Waals surface area contributed by atoms with E-state index in [0.717, 1.165) is 18.7 Å². The van der Waals surface area contributed by atoms with Crippen molar-refractivity contribution in [1.29, 1.82) is 0 Å². The molecule has 2 rings (SSSR count). The molecular formula is C12H14N2O3. The number of carbonyl (C=O) groups is 1. The van der Waals surface area contributed by atoms with E-state index in [4.69, 9.17) is 9.84 Å². The van der Waals surface area contributed by atoms with Crippen molar-refractivity contribution in [1.82, 2.24) is 9.97 Å². The number of aryl methyl sites for hydroxylation is 1. The number of methoxy groups -OCH3 is 1. The molecule has 5 nitrogen and oxygen atoms in total. The number of aromatic amines is 1. The topological polar surface area (TPSA) is 75.2 Å². The number of carboxylic acids is 1. The van der Waals surface area contributed by atoms with Crippen LogP contribution < -0.4 is 4.74 Å². The van der Waals surface area contributed by atoms with Gasteiger partial charge in [0.15, 0.2) is 0 Å². The van der Waals surface area contributed by atoms with Crippen molar-refractivity contribution in [2.24, 2.45) is 0 Å². The van der Waals surface area contributed by atoms with Gasteiger partial charge in [-0.25, -0.2) is 9.78 Å². The normalized spacial score (nSPS) is 10.7. The van der Waals surface area contributed by atoms with Crippen LogP contribution in [0.1, 0.15) is 29.5 Å². The molecule has 0 radical (unpaired) electrons. The maximum Gasteiger partial charge on any atom is 0.337 e. The Kier molecular flexibility index (Phi) is 2.99. The summed E-state index contributed by atoms with van der Waals surface area (Å²) in [6, 6.07) is 3.15. The summed E-state index contributed by atoms with van der Waals surface area (Å²) in [5, 5.41) is 9.10. The summed E-state index contributed by atoms with van der Waals surface area (Å²) in [5.41, 5.74) is 1.33. The zero-order valence-corrected chi connectivity index (χ0v) is 9.78. The molecule has 0 saturated heterocycles. The molecule has 1 aromatic heterocycles. The molecule has 0 unspecified atom stereocenters. The molecule has 0 fully saturated rings. The van der Waals surface area contributed by atoms with Crippen molar-refractivity contribution >= 4 is 17.0 Å². The van der Waals surface area contributed by atoms with E-state index in [1.54, 1.807) is 13.2 Å². The number of H-pyrrole nitrogens is 1.